The fourth-order valence-electron chi connectivity index (χ4n) is 1.91. The average molecular weight is 337 g/mol. The minimum absolute atomic E-state index is 0.0641. The minimum atomic E-state index is 0.0641. The fraction of sp³-hybridized carbons (Fsp3) is 0.357. The number of nitrogens with zero attached hydrogens (tertiary/aromatic N) is 3. The van der Waals surface area contributed by atoms with Crippen LogP contribution in [0.1, 0.15) is 18.5 Å². The molecule has 0 fully saturated rings. The first-order chi connectivity index (χ1) is 9.66. The number of anilines is 1. The Morgan fingerprint density at radius 2 is 2.00 bits per heavy atom. The number of aromatic nitrogens is 3. The van der Waals surface area contributed by atoms with Crippen LogP contribution >= 0.6 is 15.9 Å². The van der Waals surface area contributed by atoms with Gasteiger partial charge in [0.25, 0.3) is 5.56 Å². The molecule has 2 rings (SSSR count). The molecule has 0 spiro atoms. The SMILES string of the molecule is Cc1cccc(=O)n1CCCCNc1ncc(Br)cn1. The van der Waals surface area contributed by atoms with Gasteiger partial charge in [-0.2, -0.15) is 0 Å². The van der Waals surface area contributed by atoms with Gasteiger partial charge in [-0.05, 0) is 41.8 Å². The number of halogens is 1. The number of nitrogens with one attached hydrogen (secondary N) is 1. The molecule has 0 bridgehead atoms. The molecule has 0 atom stereocenters. The van der Waals surface area contributed by atoms with E-state index in [1.54, 1.807) is 29.1 Å². The molecule has 0 unspecified atom stereocenters. The van der Waals surface area contributed by atoms with E-state index in [0.717, 1.165) is 36.1 Å². The zero-order valence-electron chi connectivity index (χ0n) is 11.3. The van der Waals surface area contributed by atoms with E-state index in [9.17, 15) is 4.79 Å². The summed E-state index contributed by atoms with van der Waals surface area (Å²) in [5.74, 6) is 0.626. The Hall–Kier alpha value is -1.69. The minimum Gasteiger partial charge on any atom is -0.354 e. The summed E-state index contributed by atoms with van der Waals surface area (Å²) in [6.07, 6.45) is 5.32. The van der Waals surface area contributed by atoms with Gasteiger partial charge in [0.05, 0.1) is 4.47 Å². The molecule has 2 heterocycles. The van der Waals surface area contributed by atoms with Gasteiger partial charge in [-0.3, -0.25) is 4.79 Å². The predicted molar refractivity (Wildman–Crippen MR) is 82.9 cm³/mol. The van der Waals surface area contributed by atoms with Crippen molar-refractivity contribution in [2.24, 2.45) is 0 Å². The maximum Gasteiger partial charge on any atom is 0.250 e. The Morgan fingerprint density at radius 1 is 1.25 bits per heavy atom. The number of hydrogen-bond donors (Lipinski definition) is 1. The summed E-state index contributed by atoms with van der Waals surface area (Å²) in [6.45, 7) is 3.49. The van der Waals surface area contributed by atoms with E-state index in [4.69, 9.17) is 0 Å². The fourth-order valence-corrected chi connectivity index (χ4v) is 2.11. The van der Waals surface area contributed by atoms with Crippen molar-refractivity contribution < 1.29 is 0 Å². The molecule has 0 saturated carbocycles. The molecular weight excluding hydrogens is 320 g/mol. The first-order valence-electron chi connectivity index (χ1n) is 6.55. The number of unbranched alkanes of at least 4 members (excludes halogenated alkanes) is 1. The molecule has 0 aliphatic heterocycles. The second-order valence-electron chi connectivity index (χ2n) is 4.52. The van der Waals surface area contributed by atoms with Gasteiger partial charge >= 0.3 is 0 Å². The molecule has 5 nitrogen and oxygen atoms in total. The zero-order chi connectivity index (χ0) is 14.4. The Labute approximate surface area is 126 Å². The lowest BCUT2D eigenvalue weighted by molar-refractivity contribution is 0.590. The standard InChI is InChI=1S/C14H17BrN4O/c1-11-5-4-6-13(20)19(11)8-3-2-7-16-14-17-9-12(15)10-18-14/h4-6,9-10H,2-3,7-8H2,1H3,(H,16,17,18). The molecule has 2 aromatic rings. The van der Waals surface area contributed by atoms with E-state index in [-0.39, 0.29) is 5.56 Å². The highest BCUT2D eigenvalue weighted by atomic mass is 79.9. The van der Waals surface area contributed by atoms with Gasteiger partial charge < -0.3 is 9.88 Å². The van der Waals surface area contributed by atoms with Crippen molar-refractivity contribution in [1.82, 2.24) is 14.5 Å². The van der Waals surface area contributed by atoms with Crippen LogP contribution in [0.2, 0.25) is 0 Å². The van der Waals surface area contributed by atoms with E-state index >= 15 is 0 Å². The highest BCUT2D eigenvalue weighted by Gasteiger charge is 1.99. The maximum absolute atomic E-state index is 11.7. The van der Waals surface area contributed by atoms with Gasteiger partial charge in [0.2, 0.25) is 5.95 Å². The Morgan fingerprint density at radius 3 is 2.70 bits per heavy atom. The van der Waals surface area contributed by atoms with E-state index < -0.39 is 0 Å². The summed E-state index contributed by atoms with van der Waals surface area (Å²) in [5, 5.41) is 3.16. The second-order valence-corrected chi connectivity index (χ2v) is 5.43. The molecule has 0 aliphatic rings. The van der Waals surface area contributed by atoms with E-state index in [1.807, 2.05) is 13.0 Å². The number of aryl methyl sites for hydroxylation is 1. The van der Waals surface area contributed by atoms with Crippen LogP contribution in [0.4, 0.5) is 5.95 Å². The molecule has 0 aromatic carbocycles. The molecule has 106 valence electrons. The van der Waals surface area contributed by atoms with Crippen molar-refractivity contribution >= 4 is 21.9 Å². The van der Waals surface area contributed by atoms with Crippen molar-refractivity contribution in [2.75, 3.05) is 11.9 Å². The molecule has 1 N–H and O–H groups in total. The van der Waals surface area contributed by atoms with E-state index in [2.05, 4.69) is 31.2 Å². The van der Waals surface area contributed by atoms with Crippen LogP contribution in [-0.2, 0) is 6.54 Å². The average Bonchev–Trinajstić information content (AvgIpc) is 2.43. The Bertz CT molecular complexity index is 609. The topological polar surface area (TPSA) is 59.8 Å². The molecule has 0 saturated heterocycles. The predicted octanol–water partition coefficient (Wildman–Crippen LogP) is 2.60. The van der Waals surface area contributed by atoms with Gasteiger partial charge in [-0.1, -0.05) is 6.07 Å². The molecule has 6 heteroatoms. The van der Waals surface area contributed by atoms with Gasteiger partial charge in [0.15, 0.2) is 0 Å². The lowest BCUT2D eigenvalue weighted by atomic mass is 10.3. The zero-order valence-corrected chi connectivity index (χ0v) is 12.9. The van der Waals surface area contributed by atoms with Crippen molar-refractivity contribution in [1.29, 1.82) is 0 Å². The van der Waals surface area contributed by atoms with Crippen LogP contribution in [0.3, 0.4) is 0 Å². The van der Waals surface area contributed by atoms with Crippen LogP contribution < -0.4 is 10.9 Å². The largest absolute Gasteiger partial charge is 0.354 e. The lowest BCUT2D eigenvalue weighted by Gasteiger charge is -2.09. The molecule has 20 heavy (non-hydrogen) atoms. The maximum atomic E-state index is 11.7. The highest BCUT2D eigenvalue weighted by Crippen LogP contribution is 2.07. The third-order valence-corrected chi connectivity index (χ3v) is 3.39. The van der Waals surface area contributed by atoms with Gasteiger partial charge in [-0.15, -0.1) is 0 Å². The van der Waals surface area contributed by atoms with E-state index in [0.29, 0.717) is 5.95 Å². The molecule has 2 aromatic heterocycles. The van der Waals surface area contributed by atoms with Crippen molar-refractivity contribution in [2.45, 2.75) is 26.3 Å². The van der Waals surface area contributed by atoms with Crippen LogP contribution in [0.15, 0.2) is 39.9 Å². The summed E-state index contributed by atoms with van der Waals surface area (Å²) in [4.78, 5) is 20.0. The Balaban J connectivity index is 1.74. The monoisotopic (exact) mass is 336 g/mol. The molecular formula is C14H17BrN4O. The Kier molecular flexibility index (Phi) is 5.29. The first-order valence-corrected chi connectivity index (χ1v) is 7.34. The van der Waals surface area contributed by atoms with Gasteiger partial charge in [-0.25, -0.2) is 9.97 Å². The van der Waals surface area contributed by atoms with Crippen LogP contribution in [0.5, 0.6) is 0 Å². The third kappa shape index (κ3) is 4.16. The quantitative estimate of drug-likeness (QED) is 0.823. The number of rotatable bonds is 6. The number of pyridine rings is 1. The van der Waals surface area contributed by atoms with Crippen molar-refractivity contribution in [3.05, 3.63) is 51.1 Å². The molecule has 0 aliphatic carbocycles. The summed E-state index contributed by atoms with van der Waals surface area (Å²) >= 11 is 3.29. The highest BCUT2D eigenvalue weighted by molar-refractivity contribution is 9.10. The third-order valence-electron chi connectivity index (χ3n) is 2.98. The van der Waals surface area contributed by atoms with E-state index in [1.165, 1.54) is 0 Å². The second kappa shape index (κ2) is 7.19. The summed E-state index contributed by atoms with van der Waals surface area (Å²) in [7, 11) is 0. The van der Waals surface area contributed by atoms with Crippen LogP contribution in [-0.4, -0.2) is 21.1 Å². The first kappa shape index (κ1) is 14.7. The molecule has 0 amide bonds. The number of hydrogen-bond acceptors (Lipinski definition) is 4. The van der Waals surface area contributed by atoms with Gasteiger partial charge in [0.1, 0.15) is 0 Å². The van der Waals surface area contributed by atoms with Gasteiger partial charge in [0, 0.05) is 37.2 Å². The lowest BCUT2D eigenvalue weighted by Crippen LogP contribution is -2.21. The van der Waals surface area contributed by atoms with Crippen LogP contribution in [0, 0.1) is 6.92 Å². The summed E-state index contributed by atoms with van der Waals surface area (Å²) in [5.41, 5.74) is 1.07. The van der Waals surface area contributed by atoms with Crippen molar-refractivity contribution in [3.63, 3.8) is 0 Å². The normalized spacial score (nSPS) is 10.5. The summed E-state index contributed by atoms with van der Waals surface area (Å²) in [6, 6.07) is 5.34. The molecule has 0 radical (unpaired) electrons. The summed E-state index contributed by atoms with van der Waals surface area (Å²) < 4.78 is 2.66. The smallest absolute Gasteiger partial charge is 0.250 e. The van der Waals surface area contributed by atoms with Crippen molar-refractivity contribution in [3.8, 4) is 0 Å². The van der Waals surface area contributed by atoms with Crippen LogP contribution in [0.25, 0.3) is 0 Å².